The molecule has 1 aliphatic rings. The van der Waals surface area contributed by atoms with Gasteiger partial charge in [-0.1, -0.05) is 18.2 Å². The molecule has 0 spiro atoms. The van der Waals surface area contributed by atoms with Crippen LogP contribution in [-0.2, 0) is 16.0 Å². The highest BCUT2D eigenvalue weighted by molar-refractivity contribution is 9.11. The van der Waals surface area contributed by atoms with Gasteiger partial charge in [-0.25, -0.2) is 0 Å². The van der Waals surface area contributed by atoms with E-state index in [-0.39, 0.29) is 18.1 Å². The predicted octanol–water partition coefficient (Wildman–Crippen LogP) is 3.77. The van der Waals surface area contributed by atoms with Gasteiger partial charge in [0.15, 0.2) is 0 Å². The van der Waals surface area contributed by atoms with Crippen molar-refractivity contribution in [3.05, 3.63) is 56.3 Å². The first kappa shape index (κ1) is 14.9. The first-order valence-electron chi connectivity index (χ1n) is 7.36. The Morgan fingerprint density at radius 2 is 2.13 bits per heavy atom. The van der Waals surface area contributed by atoms with Crippen molar-refractivity contribution in [2.24, 2.45) is 0 Å². The number of para-hydroxylation sites is 1. The molecule has 118 valence electrons. The maximum atomic E-state index is 12.1. The second-order valence-corrected chi connectivity index (χ2v) is 8.08. The van der Waals surface area contributed by atoms with Crippen molar-refractivity contribution < 1.29 is 9.53 Å². The van der Waals surface area contributed by atoms with Crippen LogP contribution in [0.1, 0.15) is 22.2 Å². The highest BCUT2D eigenvalue weighted by atomic mass is 79.9. The predicted molar refractivity (Wildman–Crippen MR) is 94.8 cm³/mol. The summed E-state index contributed by atoms with van der Waals surface area (Å²) in [4.78, 5) is 16.8. The number of nitrogens with one attached hydrogen (secondary N) is 2. The Bertz CT molecular complexity index is 886. The van der Waals surface area contributed by atoms with E-state index in [0.717, 1.165) is 15.0 Å². The Morgan fingerprint density at radius 1 is 1.30 bits per heavy atom. The number of carbonyl (C=O) groups is 1. The zero-order chi connectivity index (χ0) is 16.0. The zero-order valence-corrected chi connectivity index (χ0v) is 14.8. The summed E-state index contributed by atoms with van der Waals surface area (Å²) in [6, 6.07) is 12.0. The van der Waals surface area contributed by atoms with Gasteiger partial charge in [0.1, 0.15) is 6.04 Å². The lowest BCUT2D eigenvalue weighted by Gasteiger charge is -2.29. The lowest BCUT2D eigenvalue weighted by molar-refractivity contribution is -0.143. The fourth-order valence-corrected chi connectivity index (χ4v) is 4.73. The maximum Gasteiger partial charge on any atom is 0.323 e. The SMILES string of the molecule is COC(=O)[C@@H]1Cc2c([nH]c3ccccc23)[C@@H](c2ccc(Br)s2)N1. The van der Waals surface area contributed by atoms with Gasteiger partial charge in [0.2, 0.25) is 0 Å². The molecule has 0 saturated heterocycles. The van der Waals surface area contributed by atoms with E-state index in [2.05, 4.69) is 44.4 Å². The molecular weight excluding hydrogens is 376 g/mol. The number of aromatic amines is 1. The minimum absolute atomic E-state index is 0.0356. The Kier molecular flexibility index (Phi) is 3.75. The summed E-state index contributed by atoms with van der Waals surface area (Å²) in [6.45, 7) is 0. The highest BCUT2D eigenvalue weighted by Crippen LogP contribution is 2.38. The molecule has 4 nitrogen and oxygen atoms in total. The van der Waals surface area contributed by atoms with Crippen LogP contribution in [-0.4, -0.2) is 24.1 Å². The van der Waals surface area contributed by atoms with Crippen molar-refractivity contribution in [2.75, 3.05) is 7.11 Å². The van der Waals surface area contributed by atoms with Crippen molar-refractivity contribution in [3.8, 4) is 0 Å². The van der Waals surface area contributed by atoms with Crippen molar-refractivity contribution in [2.45, 2.75) is 18.5 Å². The quantitative estimate of drug-likeness (QED) is 0.654. The molecule has 3 heterocycles. The number of halogens is 1. The molecule has 0 saturated carbocycles. The van der Waals surface area contributed by atoms with E-state index in [0.29, 0.717) is 6.42 Å². The number of rotatable bonds is 2. The van der Waals surface area contributed by atoms with Gasteiger partial charge in [-0.2, -0.15) is 0 Å². The lowest BCUT2D eigenvalue weighted by Crippen LogP contribution is -2.45. The number of ether oxygens (including phenoxy) is 1. The van der Waals surface area contributed by atoms with Crippen molar-refractivity contribution >= 4 is 44.1 Å². The average Bonchev–Trinajstić information content (AvgIpc) is 3.16. The van der Waals surface area contributed by atoms with E-state index in [1.165, 1.54) is 22.9 Å². The Balaban J connectivity index is 1.87. The first-order chi connectivity index (χ1) is 11.2. The molecule has 0 amide bonds. The zero-order valence-electron chi connectivity index (χ0n) is 12.4. The molecule has 2 aromatic heterocycles. The van der Waals surface area contributed by atoms with Crippen LogP contribution in [0.5, 0.6) is 0 Å². The van der Waals surface area contributed by atoms with E-state index < -0.39 is 0 Å². The van der Waals surface area contributed by atoms with Crippen LogP contribution in [0, 0.1) is 0 Å². The summed E-state index contributed by atoms with van der Waals surface area (Å²) < 4.78 is 6.04. The number of aromatic nitrogens is 1. The molecule has 3 aromatic rings. The Morgan fingerprint density at radius 3 is 2.87 bits per heavy atom. The monoisotopic (exact) mass is 390 g/mol. The third-order valence-electron chi connectivity index (χ3n) is 4.28. The van der Waals surface area contributed by atoms with Gasteiger partial charge in [-0.15, -0.1) is 11.3 Å². The molecule has 0 bridgehead atoms. The molecule has 0 unspecified atom stereocenters. The molecule has 1 aliphatic heterocycles. The summed E-state index contributed by atoms with van der Waals surface area (Å²) in [7, 11) is 1.44. The summed E-state index contributed by atoms with van der Waals surface area (Å²) in [5.74, 6) is -0.221. The number of methoxy groups -OCH3 is 1. The second kappa shape index (κ2) is 5.78. The van der Waals surface area contributed by atoms with Crippen molar-refractivity contribution in [3.63, 3.8) is 0 Å². The number of hydrogen-bond acceptors (Lipinski definition) is 4. The molecule has 0 radical (unpaired) electrons. The number of H-pyrrole nitrogens is 1. The first-order valence-corrected chi connectivity index (χ1v) is 8.97. The number of thiophene rings is 1. The average molecular weight is 391 g/mol. The number of fused-ring (bicyclic) bond motifs is 3. The van der Waals surface area contributed by atoms with Gasteiger partial charge in [0, 0.05) is 27.9 Å². The minimum atomic E-state index is -0.336. The Labute approximate surface area is 146 Å². The van der Waals surface area contributed by atoms with Gasteiger partial charge in [0.05, 0.1) is 16.9 Å². The minimum Gasteiger partial charge on any atom is -0.468 e. The highest BCUT2D eigenvalue weighted by Gasteiger charge is 2.34. The largest absolute Gasteiger partial charge is 0.468 e. The van der Waals surface area contributed by atoms with E-state index >= 15 is 0 Å². The molecule has 0 fully saturated rings. The van der Waals surface area contributed by atoms with E-state index in [9.17, 15) is 4.79 Å². The summed E-state index contributed by atoms with van der Waals surface area (Å²) >= 11 is 5.19. The number of hydrogen-bond donors (Lipinski definition) is 2. The van der Waals surface area contributed by atoms with Crippen LogP contribution in [0.25, 0.3) is 10.9 Å². The Hall–Kier alpha value is -1.63. The molecule has 2 atom stereocenters. The van der Waals surface area contributed by atoms with Gasteiger partial charge >= 0.3 is 5.97 Å². The molecular formula is C17H15BrN2O2S. The third kappa shape index (κ3) is 2.51. The van der Waals surface area contributed by atoms with Gasteiger partial charge in [-0.3, -0.25) is 10.1 Å². The standard InChI is InChI=1S/C17H15BrN2O2S/c1-22-17(21)12-8-10-9-4-2-3-5-11(9)19-15(10)16(20-12)13-6-7-14(18)23-13/h2-7,12,16,19-20H,8H2,1H3/t12-,16+/m0/s1. The van der Waals surface area contributed by atoms with E-state index in [4.69, 9.17) is 4.74 Å². The summed E-state index contributed by atoms with van der Waals surface area (Å²) in [6.07, 6.45) is 0.634. The second-order valence-electron chi connectivity index (χ2n) is 5.58. The fourth-order valence-electron chi connectivity index (χ4n) is 3.24. The smallest absolute Gasteiger partial charge is 0.323 e. The molecule has 23 heavy (non-hydrogen) atoms. The van der Waals surface area contributed by atoms with Crippen molar-refractivity contribution in [1.29, 1.82) is 0 Å². The number of benzene rings is 1. The van der Waals surface area contributed by atoms with Crippen molar-refractivity contribution in [1.82, 2.24) is 10.3 Å². The molecule has 0 aliphatic carbocycles. The van der Waals surface area contributed by atoms with Crippen LogP contribution in [0.15, 0.2) is 40.2 Å². The van der Waals surface area contributed by atoms with Crippen LogP contribution in [0.2, 0.25) is 0 Å². The van der Waals surface area contributed by atoms with Crippen LogP contribution in [0.3, 0.4) is 0 Å². The summed E-state index contributed by atoms with van der Waals surface area (Å²) in [5.41, 5.74) is 3.44. The van der Waals surface area contributed by atoms with E-state index in [1.54, 1.807) is 11.3 Å². The lowest BCUT2D eigenvalue weighted by atomic mass is 9.93. The molecule has 6 heteroatoms. The number of esters is 1. The normalized spacial score (nSPS) is 20.4. The number of carbonyl (C=O) groups excluding carboxylic acids is 1. The summed E-state index contributed by atoms with van der Waals surface area (Å²) in [5, 5.41) is 4.61. The molecule has 1 aromatic carbocycles. The van der Waals surface area contributed by atoms with Gasteiger partial charge in [0.25, 0.3) is 0 Å². The topological polar surface area (TPSA) is 54.1 Å². The van der Waals surface area contributed by atoms with E-state index in [1.807, 2.05) is 18.2 Å². The van der Waals surface area contributed by atoms with Gasteiger partial charge in [-0.05, 0) is 39.7 Å². The van der Waals surface area contributed by atoms with Crippen LogP contribution >= 0.6 is 27.3 Å². The molecule has 4 rings (SSSR count). The fraction of sp³-hybridized carbons (Fsp3) is 0.235. The molecule has 2 N–H and O–H groups in total. The van der Waals surface area contributed by atoms with Crippen LogP contribution in [0.4, 0.5) is 0 Å². The van der Waals surface area contributed by atoms with Crippen LogP contribution < -0.4 is 5.32 Å². The maximum absolute atomic E-state index is 12.1. The van der Waals surface area contributed by atoms with Gasteiger partial charge < -0.3 is 9.72 Å². The third-order valence-corrected chi connectivity index (χ3v) is 5.96.